The van der Waals surface area contributed by atoms with E-state index in [9.17, 15) is 4.79 Å². The fraction of sp³-hybridized carbons (Fsp3) is 0.308. The fourth-order valence-corrected chi connectivity index (χ4v) is 2.94. The summed E-state index contributed by atoms with van der Waals surface area (Å²) < 4.78 is 0. The van der Waals surface area contributed by atoms with Crippen molar-refractivity contribution < 1.29 is 4.79 Å². The number of carbonyl (C=O) groups excluding carboxylic acids is 1. The monoisotopic (exact) mass is 293 g/mol. The molecule has 2 aromatic heterocycles. The lowest BCUT2D eigenvalue weighted by Gasteiger charge is -2.11. The van der Waals surface area contributed by atoms with Gasteiger partial charge in [0.2, 0.25) is 5.91 Å². The van der Waals surface area contributed by atoms with Crippen molar-refractivity contribution in [2.24, 2.45) is 0 Å². The average Bonchev–Trinajstić information content (AvgIpc) is 2.94. The van der Waals surface area contributed by atoms with Gasteiger partial charge in [0, 0.05) is 29.4 Å². The summed E-state index contributed by atoms with van der Waals surface area (Å²) in [5.41, 5.74) is 1.77. The standard InChI is InChI=1S/C13H15N3OS2/c1-10(11-8-14-9-19-11)16-12(17)5-7-18-13-4-2-3-6-15-13/h2-4,6,8-10H,5,7H2,1H3,(H,16,17)/t10-/m0/s1. The molecule has 0 fully saturated rings. The maximum Gasteiger partial charge on any atom is 0.221 e. The highest BCUT2D eigenvalue weighted by molar-refractivity contribution is 7.99. The summed E-state index contributed by atoms with van der Waals surface area (Å²) in [7, 11) is 0. The average molecular weight is 293 g/mol. The molecule has 0 radical (unpaired) electrons. The zero-order chi connectivity index (χ0) is 13.5. The van der Waals surface area contributed by atoms with Crippen molar-refractivity contribution in [1.82, 2.24) is 15.3 Å². The zero-order valence-electron chi connectivity index (χ0n) is 10.6. The SMILES string of the molecule is C[C@H](NC(=O)CCSc1ccccn1)c1cncs1. The lowest BCUT2D eigenvalue weighted by molar-refractivity contribution is -0.121. The Morgan fingerprint density at radius 1 is 1.53 bits per heavy atom. The molecule has 1 N–H and O–H groups in total. The highest BCUT2D eigenvalue weighted by atomic mass is 32.2. The quantitative estimate of drug-likeness (QED) is 0.832. The Kier molecular flexibility index (Phi) is 5.35. The number of hydrogen-bond acceptors (Lipinski definition) is 5. The Morgan fingerprint density at radius 3 is 3.11 bits per heavy atom. The van der Waals surface area contributed by atoms with Gasteiger partial charge in [0.1, 0.15) is 0 Å². The van der Waals surface area contributed by atoms with Crippen LogP contribution in [0.4, 0.5) is 0 Å². The van der Waals surface area contributed by atoms with Gasteiger partial charge in [0.05, 0.1) is 16.6 Å². The summed E-state index contributed by atoms with van der Waals surface area (Å²) in [5, 5.41) is 3.92. The van der Waals surface area contributed by atoms with E-state index in [-0.39, 0.29) is 11.9 Å². The molecule has 0 aliphatic carbocycles. The summed E-state index contributed by atoms with van der Waals surface area (Å²) in [4.78, 5) is 21.1. The van der Waals surface area contributed by atoms with Gasteiger partial charge in [0.15, 0.2) is 0 Å². The number of amides is 1. The molecular formula is C13H15N3OS2. The minimum Gasteiger partial charge on any atom is -0.349 e. The molecule has 1 amide bonds. The van der Waals surface area contributed by atoms with Crippen molar-refractivity contribution in [3.63, 3.8) is 0 Å². The third-order valence-electron chi connectivity index (χ3n) is 2.47. The van der Waals surface area contributed by atoms with Gasteiger partial charge in [-0.1, -0.05) is 6.07 Å². The molecule has 100 valence electrons. The third kappa shape index (κ3) is 4.65. The predicted molar refractivity (Wildman–Crippen MR) is 78.2 cm³/mol. The number of thiazole rings is 1. The topological polar surface area (TPSA) is 54.9 Å². The second kappa shape index (κ2) is 7.25. The van der Waals surface area contributed by atoms with E-state index >= 15 is 0 Å². The van der Waals surface area contributed by atoms with E-state index in [2.05, 4.69) is 15.3 Å². The molecule has 6 heteroatoms. The first-order valence-corrected chi connectivity index (χ1v) is 7.84. The van der Waals surface area contributed by atoms with Crippen LogP contribution in [0.5, 0.6) is 0 Å². The van der Waals surface area contributed by atoms with Crippen LogP contribution in [-0.4, -0.2) is 21.6 Å². The van der Waals surface area contributed by atoms with Gasteiger partial charge in [-0.15, -0.1) is 23.1 Å². The van der Waals surface area contributed by atoms with Crippen molar-refractivity contribution in [3.05, 3.63) is 41.0 Å². The third-order valence-corrected chi connectivity index (χ3v) is 4.38. The molecule has 0 aromatic carbocycles. The van der Waals surface area contributed by atoms with Gasteiger partial charge in [-0.2, -0.15) is 0 Å². The maximum atomic E-state index is 11.8. The lowest BCUT2D eigenvalue weighted by Crippen LogP contribution is -2.26. The molecule has 1 atom stereocenters. The zero-order valence-corrected chi connectivity index (χ0v) is 12.2. The first kappa shape index (κ1) is 14.0. The number of rotatable bonds is 6. The van der Waals surface area contributed by atoms with Crippen LogP contribution >= 0.6 is 23.1 Å². The van der Waals surface area contributed by atoms with E-state index in [1.807, 2.05) is 25.1 Å². The highest BCUT2D eigenvalue weighted by Crippen LogP contribution is 2.17. The van der Waals surface area contributed by atoms with Gasteiger partial charge < -0.3 is 5.32 Å². The highest BCUT2D eigenvalue weighted by Gasteiger charge is 2.10. The molecule has 0 unspecified atom stereocenters. The number of carbonyl (C=O) groups is 1. The summed E-state index contributed by atoms with van der Waals surface area (Å²) in [6.07, 6.45) is 4.04. The van der Waals surface area contributed by atoms with E-state index in [1.165, 1.54) is 0 Å². The van der Waals surface area contributed by atoms with Crippen LogP contribution < -0.4 is 5.32 Å². The number of nitrogens with zero attached hydrogens (tertiary/aromatic N) is 2. The minimum atomic E-state index is 0.0276. The Bertz CT molecular complexity index is 502. The van der Waals surface area contributed by atoms with Crippen molar-refractivity contribution in [2.75, 3.05) is 5.75 Å². The van der Waals surface area contributed by atoms with Crippen molar-refractivity contribution in [2.45, 2.75) is 24.4 Å². The van der Waals surface area contributed by atoms with Gasteiger partial charge in [-0.25, -0.2) is 4.98 Å². The Morgan fingerprint density at radius 2 is 2.42 bits per heavy atom. The van der Waals surface area contributed by atoms with E-state index < -0.39 is 0 Å². The largest absolute Gasteiger partial charge is 0.349 e. The van der Waals surface area contributed by atoms with Gasteiger partial charge in [-0.05, 0) is 19.1 Å². The second-order valence-electron chi connectivity index (χ2n) is 3.96. The first-order chi connectivity index (χ1) is 9.25. The molecule has 19 heavy (non-hydrogen) atoms. The maximum absolute atomic E-state index is 11.8. The molecule has 0 spiro atoms. The van der Waals surface area contributed by atoms with Crippen LogP contribution in [0.2, 0.25) is 0 Å². The van der Waals surface area contributed by atoms with Crippen molar-refractivity contribution >= 4 is 29.0 Å². The molecule has 0 aliphatic heterocycles. The van der Waals surface area contributed by atoms with Crippen LogP contribution in [0.15, 0.2) is 41.1 Å². The molecule has 2 aromatic rings. The fourth-order valence-electron chi connectivity index (χ4n) is 1.51. The van der Waals surface area contributed by atoms with Crippen LogP contribution in [0.1, 0.15) is 24.3 Å². The molecule has 2 heterocycles. The summed E-state index contributed by atoms with van der Waals surface area (Å²) in [5.74, 6) is 0.794. The number of aromatic nitrogens is 2. The van der Waals surface area contributed by atoms with E-state index in [0.29, 0.717) is 6.42 Å². The van der Waals surface area contributed by atoms with E-state index in [4.69, 9.17) is 0 Å². The predicted octanol–water partition coefficient (Wildman–Crippen LogP) is 2.90. The van der Waals surface area contributed by atoms with Crippen molar-refractivity contribution in [1.29, 1.82) is 0 Å². The second-order valence-corrected chi connectivity index (χ2v) is 5.99. The Balaban J connectivity index is 1.70. The Labute approximate surface area is 120 Å². The molecule has 2 rings (SSSR count). The molecular weight excluding hydrogens is 278 g/mol. The minimum absolute atomic E-state index is 0.0276. The number of nitrogens with one attached hydrogen (secondary N) is 1. The van der Waals surface area contributed by atoms with Gasteiger partial charge in [0.25, 0.3) is 0 Å². The molecule has 0 bridgehead atoms. The van der Waals surface area contributed by atoms with Crippen LogP contribution in [0.25, 0.3) is 0 Å². The number of hydrogen-bond donors (Lipinski definition) is 1. The van der Waals surface area contributed by atoms with Crippen LogP contribution in [0, 0.1) is 0 Å². The Hall–Kier alpha value is -1.40. The molecule has 0 aliphatic rings. The lowest BCUT2D eigenvalue weighted by atomic mass is 10.3. The van der Waals surface area contributed by atoms with E-state index in [1.54, 1.807) is 41.0 Å². The number of thioether (sulfide) groups is 1. The van der Waals surface area contributed by atoms with Crippen molar-refractivity contribution in [3.8, 4) is 0 Å². The normalized spacial score (nSPS) is 12.1. The summed E-state index contributed by atoms with van der Waals surface area (Å²) in [6, 6.07) is 5.80. The van der Waals surface area contributed by atoms with Crippen LogP contribution in [0.3, 0.4) is 0 Å². The first-order valence-electron chi connectivity index (χ1n) is 5.97. The van der Waals surface area contributed by atoms with Gasteiger partial charge in [-0.3, -0.25) is 9.78 Å². The van der Waals surface area contributed by atoms with Gasteiger partial charge >= 0.3 is 0 Å². The molecule has 0 saturated heterocycles. The molecule has 0 saturated carbocycles. The summed E-state index contributed by atoms with van der Waals surface area (Å²) in [6.45, 7) is 1.97. The smallest absolute Gasteiger partial charge is 0.221 e. The summed E-state index contributed by atoms with van der Waals surface area (Å²) >= 11 is 3.14. The molecule has 4 nitrogen and oxygen atoms in total. The number of pyridine rings is 1. The van der Waals surface area contributed by atoms with E-state index in [0.717, 1.165) is 15.7 Å². The van der Waals surface area contributed by atoms with Crippen LogP contribution in [-0.2, 0) is 4.79 Å².